The summed E-state index contributed by atoms with van der Waals surface area (Å²) in [7, 11) is 0. The number of carbonyl (C=O) groups excluding carboxylic acids is 1. The van der Waals surface area contributed by atoms with E-state index in [9.17, 15) is 14.7 Å². The molecule has 5 nitrogen and oxygen atoms in total. The van der Waals surface area contributed by atoms with Gasteiger partial charge in [-0.15, -0.1) is 0 Å². The van der Waals surface area contributed by atoms with Gasteiger partial charge in [0, 0.05) is 13.0 Å². The zero-order valence-corrected chi connectivity index (χ0v) is 11.7. The standard InChI is InChI=1S/C15H22O5/c1-15(20)6-4-9-8-10(14(18)19)2-3-11(9)13(15)12(17)5-7-16/h4,6,9-11,13,16,20H,2-3,5,7-8H2,1H3,(H,18,19)/t9-,10-,11-,13-,15+/m0/s1. The van der Waals surface area contributed by atoms with E-state index >= 15 is 0 Å². The number of hydrogen-bond donors (Lipinski definition) is 3. The number of carboxylic acid groups (broad SMARTS) is 1. The smallest absolute Gasteiger partial charge is 0.306 e. The van der Waals surface area contributed by atoms with Crippen LogP contribution in [0.5, 0.6) is 0 Å². The molecule has 0 spiro atoms. The first-order valence-electron chi connectivity index (χ1n) is 7.15. The third-order valence-corrected chi connectivity index (χ3v) is 4.75. The second-order valence-corrected chi connectivity index (χ2v) is 6.18. The Balaban J connectivity index is 2.22. The molecule has 0 radical (unpaired) electrons. The summed E-state index contributed by atoms with van der Waals surface area (Å²) in [6.07, 6.45) is 5.23. The van der Waals surface area contributed by atoms with Crippen molar-refractivity contribution in [3.05, 3.63) is 12.2 Å². The lowest BCUT2D eigenvalue weighted by Gasteiger charge is -2.45. The number of allylic oxidation sites excluding steroid dienone is 1. The van der Waals surface area contributed by atoms with Gasteiger partial charge in [-0.2, -0.15) is 0 Å². The fraction of sp³-hybridized carbons (Fsp3) is 0.733. The van der Waals surface area contributed by atoms with Gasteiger partial charge >= 0.3 is 5.97 Å². The van der Waals surface area contributed by atoms with Crippen molar-refractivity contribution in [2.75, 3.05) is 6.61 Å². The summed E-state index contributed by atoms with van der Waals surface area (Å²) in [6.45, 7) is 1.40. The minimum absolute atomic E-state index is 0.0235. The van der Waals surface area contributed by atoms with Crippen LogP contribution in [0.1, 0.15) is 32.6 Å². The summed E-state index contributed by atoms with van der Waals surface area (Å²) < 4.78 is 0. The Bertz CT molecular complexity index is 426. The third-order valence-electron chi connectivity index (χ3n) is 4.75. The number of hydrogen-bond acceptors (Lipinski definition) is 4. The van der Waals surface area contributed by atoms with Gasteiger partial charge in [0.25, 0.3) is 0 Å². The number of Topliss-reactive ketones (excluding diaryl/α,β-unsaturated/α-hetero) is 1. The van der Waals surface area contributed by atoms with Gasteiger partial charge in [-0.25, -0.2) is 0 Å². The highest BCUT2D eigenvalue weighted by Gasteiger charge is 2.48. The first-order chi connectivity index (χ1) is 9.36. The van der Waals surface area contributed by atoms with Gasteiger partial charge in [0.1, 0.15) is 5.78 Å². The van der Waals surface area contributed by atoms with Gasteiger partial charge in [0.05, 0.1) is 17.4 Å². The van der Waals surface area contributed by atoms with Crippen molar-refractivity contribution in [2.45, 2.75) is 38.2 Å². The van der Waals surface area contributed by atoms with E-state index in [1.165, 1.54) is 0 Å². The molecule has 2 aliphatic rings. The van der Waals surface area contributed by atoms with Gasteiger partial charge in [-0.3, -0.25) is 9.59 Å². The number of carboxylic acids is 1. The molecule has 1 fully saturated rings. The van der Waals surface area contributed by atoms with Crippen molar-refractivity contribution >= 4 is 11.8 Å². The molecule has 0 aromatic carbocycles. The Morgan fingerprint density at radius 3 is 2.65 bits per heavy atom. The number of ketones is 1. The Kier molecular flexibility index (Phi) is 4.30. The van der Waals surface area contributed by atoms with E-state index in [0.29, 0.717) is 19.3 Å². The van der Waals surface area contributed by atoms with Gasteiger partial charge in [0.15, 0.2) is 0 Å². The topological polar surface area (TPSA) is 94.8 Å². The van der Waals surface area contributed by atoms with E-state index in [-0.39, 0.29) is 36.6 Å². The quantitative estimate of drug-likeness (QED) is 0.668. The van der Waals surface area contributed by atoms with Crippen LogP contribution in [0.2, 0.25) is 0 Å². The maximum absolute atomic E-state index is 12.2. The molecular formula is C15H22O5. The Hall–Kier alpha value is -1.20. The van der Waals surface area contributed by atoms with Crippen LogP contribution in [0.25, 0.3) is 0 Å². The fourth-order valence-electron chi connectivity index (χ4n) is 3.77. The van der Waals surface area contributed by atoms with Crippen molar-refractivity contribution in [3.63, 3.8) is 0 Å². The molecule has 1 saturated carbocycles. The van der Waals surface area contributed by atoms with E-state index in [2.05, 4.69) is 0 Å². The van der Waals surface area contributed by atoms with E-state index in [0.717, 1.165) is 0 Å². The molecule has 0 bridgehead atoms. The van der Waals surface area contributed by atoms with Crippen LogP contribution in [0.3, 0.4) is 0 Å². The molecule has 112 valence electrons. The molecule has 0 unspecified atom stereocenters. The fourth-order valence-corrected chi connectivity index (χ4v) is 3.77. The van der Waals surface area contributed by atoms with Gasteiger partial charge in [-0.05, 0) is 38.0 Å². The van der Waals surface area contributed by atoms with Crippen molar-refractivity contribution < 1.29 is 24.9 Å². The maximum atomic E-state index is 12.2. The molecule has 2 aliphatic carbocycles. The first kappa shape index (κ1) is 15.2. The Morgan fingerprint density at radius 1 is 1.35 bits per heavy atom. The van der Waals surface area contributed by atoms with Crippen molar-refractivity contribution in [1.29, 1.82) is 0 Å². The van der Waals surface area contributed by atoms with Crippen molar-refractivity contribution in [2.24, 2.45) is 23.7 Å². The third kappa shape index (κ3) is 2.79. The first-order valence-corrected chi connectivity index (χ1v) is 7.15. The zero-order valence-electron chi connectivity index (χ0n) is 11.7. The number of aliphatic carboxylic acids is 1. The summed E-state index contributed by atoms with van der Waals surface area (Å²) >= 11 is 0. The number of rotatable bonds is 4. The normalized spacial score (nSPS) is 40.1. The highest BCUT2D eigenvalue weighted by Crippen LogP contribution is 2.46. The van der Waals surface area contributed by atoms with Crippen LogP contribution in [0, 0.1) is 23.7 Å². The predicted octanol–water partition coefficient (Wildman–Crippen LogP) is 0.992. The Labute approximate surface area is 118 Å². The Morgan fingerprint density at radius 2 is 2.05 bits per heavy atom. The predicted molar refractivity (Wildman–Crippen MR) is 71.9 cm³/mol. The molecule has 0 saturated heterocycles. The summed E-state index contributed by atoms with van der Waals surface area (Å²) in [5.74, 6) is -1.82. The number of carbonyl (C=O) groups is 2. The van der Waals surface area contributed by atoms with Crippen LogP contribution in [0.15, 0.2) is 12.2 Å². The van der Waals surface area contributed by atoms with E-state index in [1.807, 2.05) is 6.08 Å². The van der Waals surface area contributed by atoms with Crippen LogP contribution in [-0.2, 0) is 9.59 Å². The van der Waals surface area contributed by atoms with Gasteiger partial charge in [-0.1, -0.05) is 12.2 Å². The summed E-state index contributed by atoms with van der Waals surface area (Å²) in [5, 5.41) is 28.5. The zero-order chi connectivity index (χ0) is 14.9. The van der Waals surface area contributed by atoms with E-state index in [4.69, 9.17) is 10.2 Å². The molecular weight excluding hydrogens is 260 g/mol. The largest absolute Gasteiger partial charge is 0.481 e. The van der Waals surface area contributed by atoms with E-state index < -0.39 is 17.5 Å². The van der Waals surface area contributed by atoms with Crippen molar-refractivity contribution in [3.8, 4) is 0 Å². The molecule has 5 atom stereocenters. The second-order valence-electron chi connectivity index (χ2n) is 6.18. The highest BCUT2D eigenvalue weighted by molar-refractivity contribution is 5.83. The average molecular weight is 282 g/mol. The molecule has 5 heteroatoms. The summed E-state index contributed by atoms with van der Waals surface area (Å²) in [4.78, 5) is 23.3. The number of aliphatic hydroxyl groups excluding tert-OH is 1. The number of aliphatic hydroxyl groups is 2. The lowest BCUT2D eigenvalue weighted by Crippen LogP contribution is -2.49. The SMILES string of the molecule is C[C@@]1(O)C=C[C@H]2C[C@@H](C(=O)O)CC[C@@H]2[C@H]1C(=O)CCO. The van der Waals surface area contributed by atoms with E-state index in [1.54, 1.807) is 13.0 Å². The van der Waals surface area contributed by atoms with Crippen LogP contribution < -0.4 is 0 Å². The van der Waals surface area contributed by atoms with Crippen molar-refractivity contribution in [1.82, 2.24) is 0 Å². The molecule has 0 aliphatic heterocycles. The number of fused-ring (bicyclic) bond motifs is 1. The van der Waals surface area contributed by atoms with Gasteiger partial charge < -0.3 is 15.3 Å². The lowest BCUT2D eigenvalue weighted by atomic mass is 9.60. The minimum Gasteiger partial charge on any atom is -0.481 e. The summed E-state index contributed by atoms with van der Waals surface area (Å²) in [6, 6.07) is 0. The van der Waals surface area contributed by atoms with Gasteiger partial charge in [0.2, 0.25) is 0 Å². The minimum atomic E-state index is -1.20. The highest BCUT2D eigenvalue weighted by atomic mass is 16.4. The molecule has 2 rings (SSSR count). The van der Waals surface area contributed by atoms with Crippen LogP contribution in [0.4, 0.5) is 0 Å². The molecule has 3 N–H and O–H groups in total. The molecule has 0 heterocycles. The molecule has 0 aromatic heterocycles. The molecule has 0 amide bonds. The monoisotopic (exact) mass is 282 g/mol. The average Bonchev–Trinajstić information content (AvgIpc) is 2.37. The summed E-state index contributed by atoms with van der Waals surface area (Å²) in [5.41, 5.74) is -1.20. The molecule has 20 heavy (non-hydrogen) atoms. The lowest BCUT2D eigenvalue weighted by molar-refractivity contribution is -0.145. The maximum Gasteiger partial charge on any atom is 0.306 e. The molecule has 0 aromatic rings. The van der Waals surface area contributed by atoms with Crippen LogP contribution >= 0.6 is 0 Å². The van der Waals surface area contributed by atoms with Crippen LogP contribution in [-0.4, -0.2) is 39.3 Å². The second kappa shape index (κ2) is 5.66.